The van der Waals surface area contributed by atoms with E-state index in [0.717, 1.165) is 0 Å². The third-order valence-corrected chi connectivity index (χ3v) is 1.68. The summed E-state index contributed by atoms with van der Waals surface area (Å²) in [7, 11) is 1.55. The summed E-state index contributed by atoms with van der Waals surface area (Å²) in [6.45, 7) is 4.61. The summed E-state index contributed by atoms with van der Waals surface area (Å²) in [5, 5.41) is 10.9. The molecule has 0 aromatic heterocycles. The van der Waals surface area contributed by atoms with Crippen LogP contribution in [0.25, 0.3) is 0 Å². The second-order valence-corrected chi connectivity index (χ2v) is 2.84. The summed E-state index contributed by atoms with van der Waals surface area (Å²) in [6.07, 6.45) is 1.68. The summed E-state index contributed by atoms with van der Waals surface area (Å²) in [6, 6.07) is 0. The van der Waals surface area contributed by atoms with Gasteiger partial charge in [-0.1, -0.05) is 6.08 Å². The van der Waals surface area contributed by atoms with Crippen molar-refractivity contribution in [2.45, 2.75) is 6.42 Å². The number of carboxylic acid groups (broad SMARTS) is 1. The summed E-state index contributed by atoms with van der Waals surface area (Å²) in [5.41, 5.74) is 0. The van der Waals surface area contributed by atoms with E-state index in [1.807, 2.05) is 0 Å². The van der Waals surface area contributed by atoms with Crippen LogP contribution in [0.1, 0.15) is 6.42 Å². The minimum atomic E-state index is -0.865. The molecule has 5 nitrogen and oxygen atoms in total. The van der Waals surface area contributed by atoms with Crippen molar-refractivity contribution in [1.29, 1.82) is 0 Å². The molecule has 2 N–H and O–H groups in total. The van der Waals surface area contributed by atoms with Gasteiger partial charge in [-0.2, -0.15) is 0 Å². The monoisotopic (exact) mass is 200 g/mol. The Labute approximate surface area is 83.4 Å². The molecule has 0 saturated carbocycles. The summed E-state index contributed by atoms with van der Waals surface area (Å²) in [5.74, 6) is -0.992. The highest BCUT2D eigenvalue weighted by atomic mass is 16.4. The number of nitrogens with one attached hydrogen (secondary N) is 1. The fourth-order valence-electron chi connectivity index (χ4n) is 0.953. The molecule has 0 atom stereocenters. The van der Waals surface area contributed by atoms with Gasteiger partial charge in [-0.15, -0.1) is 6.58 Å². The third kappa shape index (κ3) is 6.19. The quantitative estimate of drug-likeness (QED) is 0.553. The highest BCUT2D eigenvalue weighted by molar-refractivity contribution is 5.77. The van der Waals surface area contributed by atoms with E-state index in [2.05, 4.69) is 11.9 Å². The lowest BCUT2D eigenvalue weighted by molar-refractivity contribution is -0.137. The molecule has 0 heterocycles. The Kier molecular flexibility index (Phi) is 6.39. The molecular formula is C9H16N2O3. The Bertz CT molecular complexity index is 216. The molecule has 1 amide bonds. The Morgan fingerprint density at radius 1 is 1.57 bits per heavy atom. The van der Waals surface area contributed by atoms with Gasteiger partial charge in [0.25, 0.3) is 0 Å². The molecular weight excluding hydrogens is 184 g/mol. The number of nitrogens with zero attached hydrogens (tertiary/aromatic N) is 1. The molecule has 0 bridgehead atoms. The first-order valence-corrected chi connectivity index (χ1v) is 4.35. The van der Waals surface area contributed by atoms with Crippen molar-refractivity contribution >= 4 is 11.9 Å². The van der Waals surface area contributed by atoms with Crippen LogP contribution in [0.4, 0.5) is 0 Å². The molecule has 80 valence electrons. The zero-order valence-corrected chi connectivity index (χ0v) is 8.32. The van der Waals surface area contributed by atoms with Crippen LogP contribution in [0, 0.1) is 0 Å². The van der Waals surface area contributed by atoms with Crippen LogP contribution in [-0.2, 0) is 9.59 Å². The van der Waals surface area contributed by atoms with Crippen LogP contribution in [-0.4, -0.2) is 48.6 Å². The summed E-state index contributed by atoms with van der Waals surface area (Å²) in [4.78, 5) is 23.0. The molecule has 0 aliphatic carbocycles. The Morgan fingerprint density at radius 3 is 2.64 bits per heavy atom. The van der Waals surface area contributed by atoms with E-state index in [4.69, 9.17) is 5.11 Å². The molecule has 0 spiro atoms. The van der Waals surface area contributed by atoms with E-state index in [1.165, 1.54) is 0 Å². The standard InChI is InChI=1S/C9H16N2O3/c1-3-5-11(6-4-9(13)14)7-8(12)10-2/h3H,1,4-7H2,2H3,(H,10,12)(H,13,14). The number of hydrogen-bond acceptors (Lipinski definition) is 3. The van der Waals surface area contributed by atoms with Crippen LogP contribution < -0.4 is 5.32 Å². The molecule has 0 radical (unpaired) electrons. The second kappa shape index (κ2) is 7.08. The van der Waals surface area contributed by atoms with Gasteiger partial charge in [0.15, 0.2) is 0 Å². The van der Waals surface area contributed by atoms with Crippen LogP contribution >= 0.6 is 0 Å². The molecule has 0 aromatic rings. The maximum atomic E-state index is 11.0. The van der Waals surface area contributed by atoms with Crippen LogP contribution in [0.5, 0.6) is 0 Å². The topological polar surface area (TPSA) is 69.6 Å². The van der Waals surface area contributed by atoms with Gasteiger partial charge in [0.2, 0.25) is 5.91 Å². The first kappa shape index (κ1) is 12.6. The van der Waals surface area contributed by atoms with E-state index >= 15 is 0 Å². The average molecular weight is 200 g/mol. The molecule has 0 aliphatic rings. The lowest BCUT2D eigenvalue weighted by Crippen LogP contribution is -2.36. The van der Waals surface area contributed by atoms with E-state index < -0.39 is 5.97 Å². The lowest BCUT2D eigenvalue weighted by Gasteiger charge is -2.18. The van der Waals surface area contributed by atoms with E-state index in [1.54, 1.807) is 18.0 Å². The largest absolute Gasteiger partial charge is 0.481 e. The third-order valence-electron chi connectivity index (χ3n) is 1.68. The van der Waals surface area contributed by atoms with E-state index in [0.29, 0.717) is 13.1 Å². The van der Waals surface area contributed by atoms with Crippen molar-refractivity contribution in [1.82, 2.24) is 10.2 Å². The van der Waals surface area contributed by atoms with Crippen LogP contribution in [0.3, 0.4) is 0 Å². The van der Waals surface area contributed by atoms with Crippen molar-refractivity contribution in [3.8, 4) is 0 Å². The van der Waals surface area contributed by atoms with Gasteiger partial charge in [0, 0.05) is 20.1 Å². The van der Waals surface area contributed by atoms with Gasteiger partial charge in [-0.05, 0) is 0 Å². The van der Waals surface area contributed by atoms with E-state index in [-0.39, 0.29) is 18.9 Å². The van der Waals surface area contributed by atoms with Crippen molar-refractivity contribution in [3.05, 3.63) is 12.7 Å². The number of amides is 1. The highest BCUT2D eigenvalue weighted by Crippen LogP contribution is 1.92. The van der Waals surface area contributed by atoms with E-state index in [9.17, 15) is 9.59 Å². The Hall–Kier alpha value is -1.36. The van der Waals surface area contributed by atoms with Crippen molar-refractivity contribution < 1.29 is 14.7 Å². The minimum Gasteiger partial charge on any atom is -0.481 e. The Morgan fingerprint density at radius 2 is 2.21 bits per heavy atom. The molecule has 0 aliphatic heterocycles. The molecule has 0 fully saturated rings. The number of carbonyl (C=O) groups excluding carboxylic acids is 1. The number of likely N-dealkylation sites (N-methyl/N-ethyl adjacent to an activating group) is 1. The maximum Gasteiger partial charge on any atom is 0.304 e. The number of carbonyl (C=O) groups is 2. The zero-order valence-electron chi connectivity index (χ0n) is 8.32. The number of rotatable bonds is 7. The lowest BCUT2D eigenvalue weighted by atomic mass is 10.3. The van der Waals surface area contributed by atoms with Crippen molar-refractivity contribution in [2.24, 2.45) is 0 Å². The number of hydrogen-bond donors (Lipinski definition) is 2. The SMILES string of the molecule is C=CCN(CCC(=O)O)CC(=O)NC. The van der Waals surface area contributed by atoms with Crippen molar-refractivity contribution in [2.75, 3.05) is 26.7 Å². The molecule has 14 heavy (non-hydrogen) atoms. The van der Waals surface area contributed by atoms with Crippen LogP contribution in [0.15, 0.2) is 12.7 Å². The predicted octanol–water partition coefficient (Wildman–Crippen LogP) is -0.305. The number of carboxylic acids is 1. The maximum absolute atomic E-state index is 11.0. The fourth-order valence-corrected chi connectivity index (χ4v) is 0.953. The fraction of sp³-hybridized carbons (Fsp3) is 0.556. The smallest absolute Gasteiger partial charge is 0.304 e. The highest BCUT2D eigenvalue weighted by Gasteiger charge is 2.09. The van der Waals surface area contributed by atoms with Gasteiger partial charge in [0.05, 0.1) is 13.0 Å². The predicted molar refractivity (Wildman–Crippen MR) is 53.0 cm³/mol. The molecule has 0 unspecified atom stereocenters. The first-order valence-electron chi connectivity index (χ1n) is 4.35. The second-order valence-electron chi connectivity index (χ2n) is 2.84. The summed E-state index contributed by atoms with van der Waals surface area (Å²) >= 11 is 0. The molecule has 5 heteroatoms. The van der Waals surface area contributed by atoms with Gasteiger partial charge < -0.3 is 10.4 Å². The van der Waals surface area contributed by atoms with Gasteiger partial charge in [-0.3, -0.25) is 14.5 Å². The number of aliphatic carboxylic acids is 1. The summed E-state index contributed by atoms with van der Waals surface area (Å²) < 4.78 is 0. The zero-order chi connectivity index (χ0) is 11.0. The Balaban J connectivity index is 3.94. The molecule has 0 rings (SSSR count). The first-order chi connectivity index (χ1) is 6.60. The van der Waals surface area contributed by atoms with Gasteiger partial charge in [0.1, 0.15) is 0 Å². The minimum absolute atomic E-state index is 0.0326. The van der Waals surface area contributed by atoms with Crippen molar-refractivity contribution in [3.63, 3.8) is 0 Å². The average Bonchev–Trinajstić information content (AvgIpc) is 2.14. The van der Waals surface area contributed by atoms with Gasteiger partial charge in [-0.25, -0.2) is 0 Å². The van der Waals surface area contributed by atoms with Crippen LogP contribution in [0.2, 0.25) is 0 Å². The molecule has 0 aromatic carbocycles. The normalized spacial score (nSPS) is 9.86. The molecule has 0 saturated heterocycles. The van der Waals surface area contributed by atoms with Gasteiger partial charge >= 0.3 is 5.97 Å².